The van der Waals surface area contributed by atoms with Crippen molar-refractivity contribution in [3.8, 4) is 5.75 Å². The highest BCUT2D eigenvalue weighted by Crippen LogP contribution is 2.27. The van der Waals surface area contributed by atoms with Crippen molar-refractivity contribution in [2.24, 2.45) is 0 Å². The van der Waals surface area contributed by atoms with Gasteiger partial charge in [-0.25, -0.2) is 21.6 Å². The number of halogens is 3. The molecule has 0 aliphatic heterocycles. The number of rotatable bonds is 7. The van der Waals surface area contributed by atoms with Crippen LogP contribution in [0.5, 0.6) is 5.75 Å². The Morgan fingerprint density at radius 1 is 1.11 bits per heavy atom. The molecule has 0 saturated carbocycles. The highest BCUT2D eigenvalue weighted by Gasteiger charge is 2.29. The molecule has 0 spiro atoms. The molecule has 1 amide bonds. The summed E-state index contributed by atoms with van der Waals surface area (Å²) in [6, 6.07) is 5.45. The van der Waals surface area contributed by atoms with Crippen LogP contribution in [-0.4, -0.2) is 38.8 Å². The zero-order valence-electron chi connectivity index (χ0n) is 14.5. The van der Waals surface area contributed by atoms with Crippen LogP contribution in [0.1, 0.15) is 6.92 Å². The van der Waals surface area contributed by atoms with Crippen molar-refractivity contribution in [2.75, 3.05) is 25.5 Å². The molecule has 0 aromatic heterocycles. The number of anilines is 1. The van der Waals surface area contributed by atoms with Crippen LogP contribution >= 0.6 is 0 Å². The Morgan fingerprint density at radius 3 is 2.37 bits per heavy atom. The molecule has 0 unspecified atom stereocenters. The minimum absolute atomic E-state index is 0.0913. The monoisotopic (exact) mass is 402 g/mol. The van der Waals surface area contributed by atoms with E-state index in [0.717, 1.165) is 40.7 Å². The van der Waals surface area contributed by atoms with E-state index in [0.29, 0.717) is 0 Å². The van der Waals surface area contributed by atoms with E-state index in [4.69, 9.17) is 4.74 Å². The summed E-state index contributed by atoms with van der Waals surface area (Å²) in [7, 11) is -3.06. The molecule has 0 radical (unpaired) electrons. The second-order valence-corrected chi connectivity index (χ2v) is 7.31. The standard InChI is InChI=1S/C17H17F3N2O4S/c1-3-22(10-17(23)21-14-8-11(18)4-6-13(14)20)27(24,25)16-9-12(19)5-7-15(16)26-2/h4-9H,3,10H2,1-2H3,(H,21,23). The fourth-order valence-corrected chi connectivity index (χ4v) is 3.87. The molecule has 10 heteroatoms. The number of ether oxygens (including phenoxy) is 1. The smallest absolute Gasteiger partial charge is 0.247 e. The molecular formula is C17H17F3N2O4S. The van der Waals surface area contributed by atoms with Crippen LogP contribution in [0.3, 0.4) is 0 Å². The number of benzene rings is 2. The van der Waals surface area contributed by atoms with Crippen molar-refractivity contribution in [3.05, 3.63) is 53.8 Å². The first-order valence-electron chi connectivity index (χ1n) is 7.77. The Hall–Kier alpha value is -2.59. The normalized spacial score (nSPS) is 11.5. The lowest BCUT2D eigenvalue weighted by Gasteiger charge is -2.21. The van der Waals surface area contributed by atoms with E-state index in [1.54, 1.807) is 0 Å². The molecule has 0 heterocycles. The van der Waals surface area contributed by atoms with Crippen molar-refractivity contribution in [1.29, 1.82) is 0 Å². The quantitative estimate of drug-likeness (QED) is 0.773. The summed E-state index contributed by atoms with van der Waals surface area (Å²) < 4.78 is 71.6. The molecule has 146 valence electrons. The third kappa shape index (κ3) is 4.77. The van der Waals surface area contributed by atoms with Gasteiger partial charge < -0.3 is 10.1 Å². The summed E-state index contributed by atoms with van der Waals surface area (Å²) in [5.41, 5.74) is -0.420. The topological polar surface area (TPSA) is 75.7 Å². The van der Waals surface area contributed by atoms with Crippen molar-refractivity contribution in [3.63, 3.8) is 0 Å². The molecular weight excluding hydrogens is 385 g/mol. The lowest BCUT2D eigenvalue weighted by molar-refractivity contribution is -0.116. The Balaban J connectivity index is 2.27. The van der Waals surface area contributed by atoms with Crippen LogP contribution < -0.4 is 10.1 Å². The summed E-state index contributed by atoms with van der Waals surface area (Å²) in [6.45, 7) is 0.662. The third-order valence-corrected chi connectivity index (χ3v) is 5.56. The SMILES string of the molecule is CCN(CC(=O)Nc1cc(F)ccc1F)S(=O)(=O)c1cc(F)ccc1OC. The van der Waals surface area contributed by atoms with Crippen LogP contribution in [0.2, 0.25) is 0 Å². The molecule has 0 aliphatic carbocycles. The molecule has 0 atom stereocenters. The summed E-state index contributed by atoms with van der Waals surface area (Å²) in [5, 5.41) is 2.11. The zero-order chi connectivity index (χ0) is 20.2. The molecule has 0 bridgehead atoms. The van der Waals surface area contributed by atoms with E-state index in [1.165, 1.54) is 14.0 Å². The Labute approximate surface area is 154 Å². The Morgan fingerprint density at radius 2 is 1.74 bits per heavy atom. The second kappa shape index (κ2) is 8.40. The van der Waals surface area contributed by atoms with Gasteiger partial charge in [0.2, 0.25) is 15.9 Å². The fourth-order valence-electron chi connectivity index (χ4n) is 2.30. The van der Waals surface area contributed by atoms with Crippen LogP contribution in [0.25, 0.3) is 0 Å². The molecule has 0 fully saturated rings. The highest BCUT2D eigenvalue weighted by molar-refractivity contribution is 7.89. The lowest BCUT2D eigenvalue weighted by atomic mass is 10.3. The number of nitrogens with zero attached hydrogens (tertiary/aromatic N) is 1. The highest BCUT2D eigenvalue weighted by atomic mass is 32.2. The largest absolute Gasteiger partial charge is 0.495 e. The molecule has 0 aliphatic rings. The third-order valence-electron chi connectivity index (χ3n) is 3.62. The molecule has 6 nitrogen and oxygen atoms in total. The molecule has 2 aromatic rings. The van der Waals surface area contributed by atoms with Gasteiger partial charge >= 0.3 is 0 Å². The zero-order valence-corrected chi connectivity index (χ0v) is 15.3. The molecule has 2 aromatic carbocycles. The summed E-state index contributed by atoms with van der Waals surface area (Å²) >= 11 is 0. The summed E-state index contributed by atoms with van der Waals surface area (Å²) in [6.07, 6.45) is 0. The number of nitrogens with one attached hydrogen (secondary N) is 1. The first kappa shape index (κ1) is 20.7. The van der Waals surface area contributed by atoms with E-state index < -0.39 is 50.5 Å². The minimum Gasteiger partial charge on any atom is -0.495 e. The maximum absolute atomic E-state index is 13.6. The molecule has 27 heavy (non-hydrogen) atoms. The van der Waals surface area contributed by atoms with E-state index >= 15 is 0 Å². The Bertz CT molecular complexity index is 951. The van der Waals surface area contributed by atoms with E-state index in [1.807, 2.05) is 0 Å². The maximum atomic E-state index is 13.6. The number of sulfonamides is 1. The van der Waals surface area contributed by atoms with Gasteiger partial charge in [0, 0.05) is 12.6 Å². The average molecular weight is 402 g/mol. The summed E-state index contributed by atoms with van der Waals surface area (Å²) in [4.78, 5) is 11.7. The van der Waals surface area contributed by atoms with Crippen LogP contribution in [0, 0.1) is 17.5 Å². The number of hydrogen-bond acceptors (Lipinski definition) is 4. The first-order chi connectivity index (χ1) is 12.7. The van der Waals surface area contributed by atoms with Gasteiger partial charge in [-0.05, 0) is 30.3 Å². The lowest BCUT2D eigenvalue weighted by Crippen LogP contribution is -2.38. The average Bonchev–Trinajstić information content (AvgIpc) is 2.62. The van der Waals surface area contributed by atoms with Gasteiger partial charge in [0.1, 0.15) is 28.1 Å². The van der Waals surface area contributed by atoms with Gasteiger partial charge in [0.05, 0.1) is 19.3 Å². The van der Waals surface area contributed by atoms with Crippen molar-refractivity contribution < 1.29 is 31.1 Å². The van der Waals surface area contributed by atoms with E-state index in [9.17, 15) is 26.4 Å². The van der Waals surface area contributed by atoms with Gasteiger partial charge in [-0.15, -0.1) is 0 Å². The molecule has 1 N–H and O–H groups in total. The van der Waals surface area contributed by atoms with E-state index in [2.05, 4.69) is 5.32 Å². The van der Waals surface area contributed by atoms with Crippen LogP contribution in [-0.2, 0) is 14.8 Å². The van der Waals surface area contributed by atoms with Gasteiger partial charge in [0.25, 0.3) is 0 Å². The fraction of sp³-hybridized carbons (Fsp3) is 0.235. The number of likely N-dealkylation sites (N-methyl/N-ethyl adjacent to an activating group) is 1. The van der Waals surface area contributed by atoms with Crippen LogP contribution in [0.15, 0.2) is 41.3 Å². The Kier molecular flexibility index (Phi) is 6.45. The molecule has 0 saturated heterocycles. The number of methoxy groups -OCH3 is 1. The summed E-state index contributed by atoms with van der Waals surface area (Å²) in [5.74, 6) is -3.41. The van der Waals surface area contributed by atoms with Crippen LogP contribution in [0.4, 0.5) is 18.9 Å². The number of amides is 1. The first-order valence-corrected chi connectivity index (χ1v) is 9.21. The van der Waals surface area contributed by atoms with Gasteiger partial charge in [-0.3, -0.25) is 4.79 Å². The minimum atomic E-state index is -4.28. The predicted molar refractivity (Wildman–Crippen MR) is 92.4 cm³/mol. The van der Waals surface area contributed by atoms with Crippen molar-refractivity contribution >= 4 is 21.6 Å². The van der Waals surface area contributed by atoms with Gasteiger partial charge in [-0.2, -0.15) is 4.31 Å². The van der Waals surface area contributed by atoms with Gasteiger partial charge in [-0.1, -0.05) is 6.92 Å². The number of carbonyl (C=O) groups excluding carboxylic acids is 1. The van der Waals surface area contributed by atoms with E-state index in [-0.39, 0.29) is 12.3 Å². The predicted octanol–water partition coefficient (Wildman–Crippen LogP) is 2.76. The van der Waals surface area contributed by atoms with Crippen molar-refractivity contribution in [2.45, 2.75) is 11.8 Å². The van der Waals surface area contributed by atoms with Crippen molar-refractivity contribution in [1.82, 2.24) is 4.31 Å². The van der Waals surface area contributed by atoms with Gasteiger partial charge in [0.15, 0.2) is 0 Å². The maximum Gasteiger partial charge on any atom is 0.247 e. The number of carbonyl (C=O) groups is 1. The number of hydrogen-bond donors (Lipinski definition) is 1. The molecule has 2 rings (SSSR count). The second-order valence-electron chi connectivity index (χ2n) is 5.40.